The highest BCUT2D eigenvalue weighted by atomic mass is 16.2. The predicted molar refractivity (Wildman–Crippen MR) is 107 cm³/mol. The van der Waals surface area contributed by atoms with Crippen LogP contribution >= 0.6 is 0 Å². The van der Waals surface area contributed by atoms with Crippen LogP contribution in [0.1, 0.15) is 51.0 Å². The summed E-state index contributed by atoms with van der Waals surface area (Å²) in [7, 11) is 0. The van der Waals surface area contributed by atoms with Crippen molar-refractivity contribution in [2.24, 2.45) is 5.41 Å². The van der Waals surface area contributed by atoms with Crippen LogP contribution in [0.4, 0.5) is 0 Å². The van der Waals surface area contributed by atoms with Crippen LogP contribution in [-0.2, 0) is 16.1 Å². The van der Waals surface area contributed by atoms with Crippen molar-refractivity contribution >= 4 is 11.8 Å². The molecule has 0 aromatic carbocycles. The number of amides is 2. The number of rotatable bonds is 4. The smallest absolute Gasteiger partial charge is 0.239 e. The normalized spacial score (nSPS) is 24.0. The van der Waals surface area contributed by atoms with E-state index in [2.05, 4.69) is 21.7 Å². The Kier molecular flexibility index (Phi) is 5.67. The minimum atomic E-state index is 0.00608. The lowest BCUT2D eigenvalue weighted by molar-refractivity contribution is -0.145. The van der Waals surface area contributed by atoms with Gasteiger partial charge in [-0.3, -0.25) is 19.5 Å². The average molecular weight is 385 g/mol. The molecule has 6 nitrogen and oxygen atoms in total. The molecule has 1 aromatic rings. The van der Waals surface area contributed by atoms with Gasteiger partial charge in [-0.2, -0.15) is 0 Å². The molecule has 4 heterocycles. The molecule has 2 amide bonds. The van der Waals surface area contributed by atoms with Gasteiger partial charge >= 0.3 is 0 Å². The van der Waals surface area contributed by atoms with E-state index in [1.807, 2.05) is 23.2 Å². The first kappa shape index (κ1) is 19.4. The lowest BCUT2D eigenvalue weighted by Gasteiger charge is -2.48. The van der Waals surface area contributed by atoms with Crippen LogP contribution in [0.15, 0.2) is 24.5 Å². The number of pyridine rings is 1. The van der Waals surface area contributed by atoms with E-state index in [1.165, 1.54) is 12.8 Å². The third-order valence-electron chi connectivity index (χ3n) is 7.03. The Morgan fingerprint density at radius 3 is 2.61 bits per heavy atom. The number of aromatic nitrogens is 1. The summed E-state index contributed by atoms with van der Waals surface area (Å²) in [6, 6.07) is 3.96. The van der Waals surface area contributed by atoms with Crippen LogP contribution in [0.5, 0.6) is 0 Å². The Morgan fingerprint density at radius 2 is 1.93 bits per heavy atom. The third-order valence-corrected chi connectivity index (χ3v) is 7.03. The maximum Gasteiger partial charge on any atom is 0.239 e. The fraction of sp³-hybridized carbons (Fsp3) is 0.682. The summed E-state index contributed by atoms with van der Waals surface area (Å²) < 4.78 is 0. The summed E-state index contributed by atoms with van der Waals surface area (Å²) in [5.74, 6) is 0.534. The van der Waals surface area contributed by atoms with Crippen molar-refractivity contribution in [2.75, 3.05) is 32.7 Å². The molecule has 3 saturated heterocycles. The Hall–Kier alpha value is -1.95. The highest BCUT2D eigenvalue weighted by Crippen LogP contribution is 2.40. The summed E-state index contributed by atoms with van der Waals surface area (Å²) in [6.07, 6.45) is 9.61. The fourth-order valence-electron chi connectivity index (χ4n) is 5.12. The molecule has 3 aliphatic rings. The molecule has 1 aromatic heterocycles. The monoisotopic (exact) mass is 384 g/mol. The van der Waals surface area contributed by atoms with E-state index in [-0.39, 0.29) is 23.3 Å². The minimum Gasteiger partial charge on any atom is -0.341 e. The minimum absolute atomic E-state index is 0.00608. The zero-order chi connectivity index (χ0) is 19.6. The highest BCUT2D eigenvalue weighted by molar-refractivity contribution is 5.81. The lowest BCUT2D eigenvalue weighted by atomic mass is 9.72. The Balaban J connectivity index is 1.35. The van der Waals surface area contributed by atoms with Gasteiger partial charge in [-0.15, -0.1) is 0 Å². The van der Waals surface area contributed by atoms with Crippen LogP contribution in [0.2, 0.25) is 0 Å². The molecule has 152 valence electrons. The summed E-state index contributed by atoms with van der Waals surface area (Å²) in [6.45, 7) is 7.27. The van der Waals surface area contributed by atoms with Gasteiger partial charge in [0.1, 0.15) is 0 Å². The van der Waals surface area contributed by atoms with Crippen LogP contribution in [0, 0.1) is 5.41 Å². The zero-order valence-electron chi connectivity index (χ0n) is 17.0. The van der Waals surface area contributed by atoms with E-state index >= 15 is 0 Å². The van der Waals surface area contributed by atoms with Gasteiger partial charge in [0.05, 0.1) is 6.04 Å². The number of nitrogens with zero attached hydrogens (tertiary/aromatic N) is 4. The maximum absolute atomic E-state index is 12.9. The second-order valence-electron chi connectivity index (χ2n) is 8.86. The Labute approximate surface area is 167 Å². The first-order chi connectivity index (χ1) is 13.6. The van der Waals surface area contributed by atoms with Crippen molar-refractivity contribution in [3.8, 4) is 0 Å². The van der Waals surface area contributed by atoms with Crippen LogP contribution in [0.25, 0.3) is 0 Å². The van der Waals surface area contributed by atoms with Crippen molar-refractivity contribution in [3.63, 3.8) is 0 Å². The second-order valence-corrected chi connectivity index (χ2v) is 8.86. The number of carbonyl (C=O) groups excluding carboxylic acids is 2. The van der Waals surface area contributed by atoms with Gasteiger partial charge in [-0.05, 0) is 69.2 Å². The molecule has 1 atom stereocenters. The van der Waals surface area contributed by atoms with Crippen LogP contribution < -0.4 is 0 Å². The van der Waals surface area contributed by atoms with Gasteiger partial charge in [-0.25, -0.2) is 0 Å². The van der Waals surface area contributed by atoms with Crippen molar-refractivity contribution < 1.29 is 9.59 Å². The van der Waals surface area contributed by atoms with Crippen molar-refractivity contribution in [1.82, 2.24) is 19.7 Å². The molecule has 0 N–H and O–H groups in total. The molecule has 3 fully saturated rings. The quantitative estimate of drug-likeness (QED) is 0.799. The Morgan fingerprint density at radius 1 is 1.18 bits per heavy atom. The molecule has 0 bridgehead atoms. The molecule has 4 rings (SSSR count). The van der Waals surface area contributed by atoms with Gasteiger partial charge in [0.25, 0.3) is 0 Å². The molecular formula is C22H32N4O2. The van der Waals surface area contributed by atoms with E-state index in [0.717, 1.165) is 57.5 Å². The number of piperidine rings is 2. The van der Waals surface area contributed by atoms with E-state index in [0.29, 0.717) is 13.0 Å². The summed E-state index contributed by atoms with van der Waals surface area (Å²) in [5.41, 5.74) is 1.25. The molecular weight excluding hydrogens is 352 g/mol. The van der Waals surface area contributed by atoms with E-state index in [9.17, 15) is 9.59 Å². The fourth-order valence-corrected chi connectivity index (χ4v) is 5.12. The standard InChI is InChI=1S/C22H32N4O2/c1-18(24-11-2-3-12-24)21(28)25-13-8-22(9-14-25)7-6-20(27)26(17-22)16-19-5-4-10-23-15-19/h4-5,10,15,18H,2-3,6-9,11-14,16-17H2,1H3. The molecule has 0 aliphatic carbocycles. The van der Waals surface area contributed by atoms with Gasteiger partial charge in [-0.1, -0.05) is 6.07 Å². The largest absolute Gasteiger partial charge is 0.341 e. The lowest BCUT2D eigenvalue weighted by Crippen LogP contribution is -2.54. The SMILES string of the molecule is CC(C(=O)N1CCC2(CCC(=O)N(Cc3cccnc3)C2)CC1)N1CCCC1. The molecule has 1 spiro atoms. The van der Waals surface area contributed by atoms with Crippen LogP contribution in [0.3, 0.4) is 0 Å². The highest BCUT2D eigenvalue weighted by Gasteiger charge is 2.42. The predicted octanol–water partition coefficient (Wildman–Crippen LogP) is 2.30. The summed E-state index contributed by atoms with van der Waals surface area (Å²) >= 11 is 0. The van der Waals surface area contributed by atoms with Crippen molar-refractivity contribution in [1.29, 1.82) is 0 Å². The average Bonchev–Trinajstić information content (AvgIpc) is 3.26. The first-order valence-corrected chi connectivity index (χ1v) is 10.8. The molecule has 6 heteroatoms. The maximum atomic E-state index is 12.9. The Bertz CT molecular complexity index is 694. The second kappa shape index (κ2) is 8.19. The van der Waals surface area contributed by atoms with E-state index in [1.54, 1.807) is 6.20 Å². The zero-order valence-corrected chi connectivity index (χ0v) is 17.0. The summed E-state index contributed by atoms with van der Waals surface area (Å²) in [4.78, 5) is 36.0. The topological polar surface area (TPSA) is 56.8 Å². The molecule has 28 heavy (non-hydrogen) atoms. The van der Waals surface area contributed by atoms with Gasteiger partial charge in [0.15, 0.2) is 0 Å². The van der Waals surface area contributed by atoms with Crippen molar-refractivity contribution in [3.05, 3.63) is 30.1 Å². The number of carbonyl (C=O) groups is 2. The molecule has 1 unspecified atom stereocenters. The molecule has 0 saturated carbocycles. The van der Waals surface area contributed by atoms with E-state index < -0.39 is 0 Å². The van der Waals surface area contributed by atoms with Gasteiger partial charge in [0, 0.05) is 45.0 Å². The third kappa shape index (κ3) is 4.07. The van der Waals surface area contributed by atoms with E-state index in [4.69, 9.17) is 0 Å². The number of hydrogen-bond acceptors (Lipinski definition) is 4. The van der Waals surface area contributed by atoms with Gasteiger partial charge in [0.2, 0.25) is 11.8 Å². The van der Waals surface area contributed by atoms with Crippen molar-refractivity contribution in [2.45, 2.75) is 58.0 Å². The number of hydrogen-bond donors (Lipinski definition) is 0. The van der Waals surface area contributed by atoms with Crippen LogP contribution in [-0.4, -0.2) is 70.3 Å². The first-order valence-electron chi connectivity index (χ1n) is 10.8. The molecule has 3 aliphatic heterocycles. The summed E-state index contributed by atoms with van der Waals surface area (Å²) in [5, 5.41) is 0. The number of likely N-dealkylation sites (tertiary alicyclic amines) is 3. The van der Waals surface area contributed by atoms with Gasteiger partial charge < -0.3 is 9.80 Å². The molecule has 0 radical (unpaired) electrons.